The molecule has 0 aromatic heterocycles. The van der Waals surface area contributed by atoms with Gasteiger partial charge in [-0.25, -0.2) is 8.42 Å². The molecular formula is C14H16N2O3S. The van der Waals surface area contributed by atoms with Gasteiger partial charge in [-0.15, -0.1) is 0 Å². The molecule has 0 amide bonds. The number of hydrogen-bond acceptors (Lipinski definition) is 5. The molecule has 0 atom stereocenters. The van der Waals surface area contributed by atoms with Gasteiger partial charge in [0.25, 0.3) is 0 Å². The van der Waals surface area contributed by atoms with Gasteiger partial charge in [-0.05, 0) is 30.3 Å². The molecule has 20 heavy (non-hydrogen) atoms. The molecule has 0 spiro atoms. The van der Waals surface area contributed by atoms with E-state index in [1.807, 2.05) is 24.3 Å². The van der Waals surface area contributed by atoms with E-state index in [1.54, 1.807) is 13.2 Å². The summed E-state index contributed by atoms with van der Waals surface area (Å²) in [7, 11) is -1.68. The molecule has 0 aliphatic carbocycles. The van der Waals surface area contributed by atoms with Crippen molar-refractivity contribution in [2.24, 2.45) is 0 Å². The first-order valence-corrected chi connectivity index (χ1v) is 7.80. The minimum absolute atomic E-state index is 0.195. The lowest BCUT2D eigenvalue weighted by atomic mass is 10.2. The van der Waals surface area contributed by atoms with Gasteiger partial charge in [0.15, 0.2) is 9.84 Å². The number of hydrogen-bond donors (Lipinski definition) is 2. The number of benzene rings is 2. The molecule has 0 aliphatic rings. The van der Waals surface area contributed by atoms with Crippen LogP contribution in [0.5, 0.6) is 5.75 Å². The highest BCUT2D eigenvalue weighted by Gasteiger charge is 2.10. The lowest BCUT2D eigenvalue weighted by Gasteiger charge is -2.13. The lowest BCUT2D eigenvalue weighted by Crippen LogP contribution is -2.02. The van der Waals surface area contributed by atoms with Crippen LogP contribution in [0.25, 0.3) is 0 Å². The second-order valence-electron chi connectivity index (χ2n) is 4.35. The molecule has 106 valence electrons. The second kappa shape index (κ2) is 5.42. The van der Waals surface area contributed by atoms with Crippen LogP contribution in [-0.4, -0.2) is 21.8 Å². The average Bonchev–Trinajstić information content (AvgIpc) is 2.40. The van der Waals surface area contributed by atoms with Crippen LogP contribution in [0.1, 0.15) is 0 Å². The summed E-state index contributed by atoms with van der Waals surface area (Å²) in [5, 5.41) is 3.13. The maximum atomic E-state index is 11.5. The number of methoxy groups -OCH3 is 1. The van der Waals surface area contributed by atoms with Crippen LogP contribution < -0.4 is 15.8 Å². The Bertz CT molecular complexity index is 727. The van der Waals surface area contributed by atoms with Gasteiger partial charge in [0.05, 0.1) is 29.1 Å². The summed E-state index contributed by atoms with van der Waals surface area (Å²) in [6.07, 6.45) is 1.15. The molecule has 0 saturated carbocycles. The van der Waals surface area contributed by atoms with Gasteiger partial charge in [0.1, 0.15) is 5.75 Å². The van der Waals surface area contributed by atoms with Gasteiger partial charge in [0.2, 0.25) is 0 Å². The summed E-state index contributed by atoms with van der Waals surface area (Å²) in [6, 6.07) is 12.0. The fourth-order valence-corrected chi connectivity index (χ4v) is 2.43. The molecule has 3 N–H and O–H groups in total. The number of nitrogens with two attached hydrogens (primary N) is 1. The molecule has 2 rings (SSSR count). The first kappa shape index (κ1) is 14.2. The molecule has 5 nitrogen and oxygen atoms in total. The van der Waals surface area contributed by atoms with Crippen LogP contribution in [-0.2, 0) is 9.84 Å². The fraction of sp³-hybridized carbons (Fsp3) is 0.143. The van der Waals surface area contributed by atoms with E-state index in [1.165, 1.54) is 12.1 Å². The van der Waals surface area contributed by atoms with Gasteiger partial charge < -0.3 is 15.8 Å². The van der Waals surface area contributed by atoms with Gasteiger partial charge >= 0.3 is 0 Å². The zero-order chi connectivity index (χ0) is 14.8. The number of rotatable bonds is 4. The van der Waals surface area contributed by atoms with E-state index in [4.69, 9.17) is 10.5 Å². The Kier molecular flexibility index (Phi) is 3.85. The topological polar surface area (TPSA) is 81.4 Å². The van der Waals surface area contributed by atoms with E-state index in [0.29, 0.717) is 17.1 Å². The van der Waals surface area contributed by atoms with Crippen LogP contribution in [0.2, 0.25) is 0 Å². The van der Waals surface area contributed by atoms with E-state index in [0.717, 1.165) is 11.9 Å². The van der Waals surface area contributed by atoms with Crippen LogP contribution in [0.3, 0.4) is 0 Å². The van der Waals surface area contributed by atoms with Crippen molar-refractivity contribution in [1.29, 1.82) is 0 Å². The summed E-state index contributed by atoms with van der Waals surface area (Å²) in [6.45, 7) is 0. The first-order valence-electron chi connectivity index (χ1n) is 5.91. The zero-order valence-electron chi connectivity index (χ0n) is 11.3. The Morgan fingerprint density at radius 3 is 2.40 bits per heavy atom. The lowest BCUT2D eigenvalue weighted by molar-refractivity contribution is 0.417. The molecule has 2 aromatic carbocycles. The maximum Gasteiger partial charge on any atom is 0.175 e. The normalized spacial score (nSPS) is 11.1. The van der Waals surface area contributed by atoms with Gasteiger partial charge in [-0.1, -0.05) is 12.1 Å². The molecule has 0 unspecified atom stereocenters. The average molecular weight is 292 g/mol. The molecular weight excluding hydrogens is 276 g/mol. The third-order valence-corrected chi connectivity index (χ3v) is 3.94. The predicted molar refractivity (Wildman–Crippen MR) is 80.2 cm³/mol. The Labute approximate surface area is 118 Å². The second-order valence-corrected chi connectivity index (χ2v) is 6.36. The Morgan fingerprint density at radius 1 is 1.10 bits per heavy atom. The molecule has 0 aliphatic heterocycles. The number of nitrogen functional groups attached to an aromatic ring is 1. The quantitative estimate of drug-likeness (QED) is 0.846. The third kappa shape index (κ3) is 3.03. The minimum atomic E-state index is -3.26. The molecule has 0 saturated heterocycles. The Hall–Kier alpha value is -2.21. The van der Waals surface area contributed by atoms with Gasteiger partial charge in [-0.3, -0.25) is 0 Å². The Morgan fingerprint density at radius 2 is 1.80 bits per heavy atom. The highest BCUT2D eigenvalue weighted by Crippen LogP contribution is 2.30. The SMILES string of the molecule is COc1ccccc1Nc1ccc(S(C)(=O)=O)cc1N. The summed E-state index contributed by atoms with van der Waals surface area (Å²) < 4.78 is 28.2. The number of nitrogens with one attached hydrogen (secondary N) is 1. The first-order chi connectivity index (χ1) is 9.41. The number of ether oxygens (including phenoxy) is 1. The van der Waals surface area contributed by atoms with Crippen molar-refractivity contribution in [3.63, 3.8) is 0 Å². The van der Waals surface area contributed by atoms with E-state index < -0.39 is 9.84 Å². The standard InChI is InChI=1S/C14H16N2O3S/c1-19-14-6-4-3-5-13(14)16-12-8-7-10(9-11(12)15)20(2,17)18/h3-9,16H,15H2,1-2H3. The fourth-order valence-electron chi connectivity index (χ4n) is 1.78. The minimum Gasteiger partial charge on any atom is -0.495 e. The largest absolute Gasteiger partial charge is 0.495 e. The number of para-hydroxylation sites is 2. The smallest absolute Gasteiger partial charge is 0.175 e. The van der Waals surface area contributed by atoms with Crippen molar-refractivity contribution in [2.75, 3.05) is 24.4 Å². The van der Waals surface area contributed by atoms with Crippen molar-refractivity contribution in [3.8, 4) is 5.75 Å². The van der Waals surface area contributed by atoms with E-state index in [9.17, 15) is 8.42 Å². The summed E-state index contributed by atoms with van der Waals surface area (Å²) in [5.41, 5.74) is 7.63. The maximum absolute atomic E-state index is 11.5. The molecule has 0 radical (unpaired) electrons. The molecule has 0 bridgehead atoms. The van der Waals surface area contributed by atoms with Crippen molar-refractivity contribution in [3.05, 3.63) is 42.5 Å². The van der Waals surface area contributed by atoms with Crippen molar-refractivity contribution < 1.29 is 13.2 Å². The van der Waals surface area contributed by atoms with Crippen LogP contribution in [0, 0.1) is 0 Å². The van der Waals surface area contributed by atoms with Crippen LogP contribution >= 0.6 is 0 Å². The summed E-state index contributed by atoms with van der Waals surface area (Å²) >= 11 is 0. The summed E-state index contributed by atoms with van der Waals surface area (Å²) in [4.78, 5) is 0.195. The van der Waals surface area contributed by atoms with Gasteiger partial charge in [-0.2, -0.15) is 0 Å². The molecule has 2 aromatic rings. The van der Waals surface area contributed by atoms with Crippen molar-refractivity contribution >= 4 is 26.9 Å². The highest BCUT2D eigenvalue weighted by atomic mass is 32.2. The highest BCUT2D eigenvalue weighted by molar-refractivity contribution is 7.90. The Balaban J connectivity index is 2.35. The predicted octanol–water partition coefficient (Wildman–Crippen LogP) is 2.42. The summed E-state index contributed by atoms with van der Waals surface area (Å²) in [5.74, 6) is 0.680. The molecule has 0 heterocycles. The van der Waals surface area contributed by atoms with E-state index in [-0.39, 0.29) is 4.90 Å². The third-order valence-electron chi connectivity index (χ3n) is 2.83. The van der Waals surface area contributed by atoms with Gasteiger partial charge in [0, 0.05) is 6.26 Å². The molecule has 0 fully saturated rings. The van der Waals surface area contributed by atoms with E-state index in [2.05, 4.69) is 5.32 Å². The van der Waals surface area contributed by atoms with Crippen molar-refractivity contribution in [2.45, 2.75) is 4.90 Å². The number of anilines is 3. The van der Waals surface area contributed by atoms with E-state index >= 15 is 0 Å². The van der Waals surface area contributed by atoms with Crippen molar-refractivity contribution in [1.82, 2.24) is 0 Å². The number of sulfone groups is 1. The monoisotopic (exact) mass is 292 g/mol. The van der Waals surface area contributed by atoms with Crippen LogP contribution in [0.15, 0.2) is 47.4 Å². The zero-order valence-corrected chi connectivity index (χ0v) is 12.1. The van der Waals surface area contributed by atoms with Crippen LogP contribution in [0.4, 0.5) is 17.1 Å². The molecule has 6 heteroatoms.